The Bertz CT molecular complexity index is 832. The molecular formula is C17H14O4. The van der Waals surface area contributed by atoms with Gasteiger partial charge in [0.15, 0.2) is 0 Å². The van der Waals surface area contributed by atoms with E-state index in [1.165, 1.54) is 0 Å². The molecule has 1 aromatic heterocycles. The Kier molecular flexibility index (Phi) is 3.36. The lowest BCUT2D eigenvalue weighted by Gasteiger charge is -2.05. The first-order chi connectivity index (χ1) is 10.2. The van der Waals surface area contributed by atoms with E-state index in [1.54, 1.807) is 20.3 Å². The van der Waals surface area contributed by atoms with E-state index in [1.807, 2.05) is 42.5 Å². The minimum Gasteiger partial charge on any atom is -0.497 e. The summed E-state index contributed by atoms with van der Waals surface area (Å²) in [6.07, 6.45) is 0. The van der Waals surface area contributed by atoms with Crippen LogP contribution in [0.4, 0.5) is 0 Å². The predicted octanol–water partition coefficient (Wildman–Crippen LogP) is 3.48. The summed E-state index contributed by atoms with van der Waals surface area (Å²) in [4.78, 5) is 12.1. The zero-order chi connectivity index (χ0) is 14.8. The van der Waals surface area contributed by atoms with Crippen molar-refractivity contribution in [3.8, 4) is 22.6 Å². The zero-order valence-corrected chi connectivity index (χ0v) is 11.8. The number of methoxy groups -OCH3 is 2. The van der Waals surface area contributed by atoms with Crippen LogP contribution < -0.4 is 15.1 Å². The molecule has 3 aromatic rings. The van der Waals surface area contributed by atoms with Crippen molar-refractivity contribution in [3.63, 3.8) is 0 Å². The lowest BCUT2D eigenvalue weighted by molar-refractivity contribution is 0.414. The lowest BCUT2D eigenvalue weighted by Crippen LogP contribution is -2.02. The lowest BCUT2D eigenvalue weighted by atomic mass is 10.1. The summed E-state index contributed by atoms with van der Waals surface area (Å²) in [6, 6.07) is 14.5. The van der Waals surface area contributed by atoms with Crippen LogP contribution in [0.2, 0.25) is 0 Å². The second-order valence-electron chi connectivity index (χ2n) is 4.58. The molecule has 1 heterocycles. The van der Waals surface area contributed by atoms with Crippen molar-refractivity contribution in [2.75, 3.05) is 14.2 Å². The van der Waals surface area contributed by atoms with Crippen molar-refractivity contribution < 1.29 is 13.9 Å². The molecule has 0 amide bonds. The smallest absolute Gasteiger partial charge is 0.344 e. The quantitative estimate of drug-likeness (QED) is 0.690. The topological polar surface area (TPSA) is 48.7 Å². The standard InChI is InChI=1S/C17H14O4/c1-19-13-6-3-11(4-7-13)15-9-12-5-8-14(20-2)10-16(12)21-17(15)18/h3-10H,1-2H3. The van der Waals surface area contributed by atoms with Gasteiger partial charge in [-0.25, -0.2) is 4.79 Å². The summed E-state index contributed by atoms with van der Waals surface area (Å²) in [5, 5.41) is 0.848. The summed E-state index contributed by atoms with van der Waals surface area (Å²) < 4.78 is 15.6. The van der Waals surface area contributed by atoms with Crippen LogP contribution in [0.3, 0.4) is 0 Å². The largest absolute Gasteiger partial charge is 0.497 e. The third-order valence-electron chi connectivity index (χ3n) is 3.34. The van der Waals surface area contributed by atoms with Crippen molar-refractivity contribution in [2.45, 2.75) is 0 Å². The Morgan fingerprint density at radius 2 is 1.52 bits per heavy atom. The molecule has 0 saturated heterocycles. The Hall–Kier alpha value is -2.75. The summed E-state index contributed by atoms with van der Waals surface area (Å²) >= 11 is 0. The van der Waals surface area contributed by atoms with Crippen LogP contribution in [0.15, 0.2) is 57.7 Å². The number of hydrogen-bond acceptors (Lipinski definition) is 4. The highest BCUT2D eigenvalue weighted by Crippen LogP contribution is 2.25. The van der Waals surface area contributed by atoms with E-state index in [-0.39, 0.29) is 5.63 Å². The molecule has 0 spiro atoms. The van der Waals surface area contributed by atoms with Crippen molar-refractivity contribution in [2.24, 2.45) is 0 Å². The molecule has 0 aliphatic heterocycles. The molecule has 106 valence electrons. The van der Waals surface area contributed by atoms with Gasteiger partial charge in [0.05, 0.1) is 19.8 Å². The maximum Gasteiger partial charge on any atom is 0.344 e. The molecule has 0 radical (unpaired) electrons. The van der Waals surface area contributed by atoms with E-state index in [0.717, 1.165) is 16.7 Å². The van der Waals surface area contributed by atoms with E-state index >= 15 is 0 Å². The Labute approximate surface area is 121 Å². The minimum atomic E-state index is -0.374. The van der Waals surface area contributed by atoms with E-state index in [0.29, 0.717) is 16.9 Å². The third kappa shape index (κ3) is 2.48. The van der Waals surface area contributed by atoms with Gasteiger partial charge in [0.2, 0.25) is 0 Å². The van der Waals surface area contributed by atoms with E-state index in [9.17, 15) is 4.79 Å². The number of benzene rings is 2. The Morgan fingerprint density at radius 3 is 2.19 bits per heavy atom. The molecule has 0 fully saturated rings. The molecule has 0 unspecified atom stereocenters. The molecule has 0 aliphatic carbocycles. The molecule has 3 rings (SSSR count). The van der Waals surface area contributed by atoms with Gasteiger partial charge in [0.1, 0.15) is 17.1 Å². The molecule has 21 heavy (non-hydrogen) atoms. The van der Waals surface area contributed by atoms with Crippen LogP contribution in [0.25, 0.3) is 22.1 Å². The van der Waals surface area contributed by atoms with Crippen LogP contribution in [-0.4, -0.2) is 14.2 Å². The van der Waals surface area contributed by atoms with Gasteiger partial charge in [-0.05, 0) is 35.9 Å². The van der Waals surface area contributed by atoms with Crippen molar-refractivity contribution >= 4 is 11.0 Å². The molecule has 0 saturated carbocycles. The molecule has 0 N–H and O–H groups in total. The van der Waals surface area contributed by atoms with Gasteiger partial charge in [-0.3, -0.25) is 0 Å². The summed E-state index contributed by atoms with van der Waals surface area (Å²) in [5.41, 5.74) is 1.45. The SMILES string of the molecule is COc1ccc(-c2cc3ccc(OC)cc3oc2=O)cc1. The highest BCUT2D eigenvalue weighted by Gasteiger charge is 2.08. The predicted molar refractivity (Wildman–Crippen MR) is 81.0 cm³/mol. The van der Waals surface area contributed by atoms with Crippen molar-refractivity contribution in [3.05, 3.63) is 59.0 Å². The fourth-order valence-electron chi connectivity index (χ4n) is 2.19. The number of ether oxygens (including phenoxy) is 2. The first-order valence-corrected chi connectivity index (χ1v) is 6.47. The van der Waals surface area contributed by atoms with E-state index in [4.69, 9.17) is 13.9 Å². The highest BCUT2D eigenvalue weighted by atomic mass is 16.5. The molecule has 2 aromatic carbocycles. The number of fused-ring (bicyclic) bond motifs is 1. The summed E-state index contributed by atoms with van der Waals surface area (Å²) in [7, 11) is 3.18. The number of hydrogen-bond donors (Lipinski definition) is 0. The molecule has 0 aliphatic rings. The Balaban J connectivity index is 2.14. The van der Waals surface area contributed by atoms with Gasteiger partial charge >= 0.3 is 5.63 Å². The van der Waals surface area contributed by atoms with Crippen molar-refractivity contribution in [1.82, 2.24) is 0 Å². The molecule has 4 heteroatoms. The van der Waals surface area contributed by atoms with Crippen LogP contribution in [0.5, 0.6) is 11.5 Å². The number of rotatable bonds is 3. The monoisotopic (exact) mass is 282 g/mol. The van der Waals surface area contributed by atoms with Crippen LogP contribution in [0.1, 0.15) is 0 Å². The van der Waals surface area contributed by atoms with E-state index in [2.05, 4.69) is 0 Å². The average molecular weight is 282 g/mol. The average Bonchev–Trinajstić information content (AvgIpc) is 2.53. The normalized spacial score (nSPS) is 10.6. The third-order valence-corrected chi connectivity index (χ3v) is 3.34. The molecule has 4 nitrogen and oxygen atoms in total. The summed E-state index contributed by atoms with van der Waals surface area (Å²) in [5.74, 6) is 1.40. The highest BCUT2D eigenvalue weighted by molar-refractivity contribution is 5.82. The van der Waals surface area contributed by atoms with Gasteiger partial charge < -0.3 is 13.9 Å². The van der Waals surface area contributed by atoms with Gasteiger partial charge in [0.25, 0.3) is 0 Å². The Morgan fingerprint density at radius 1 is 0.857 bits per heavy atom. The van der Waals surface area contributed by atoms with Crippen molar-refractivity contribution in [1.29, 1.82) is 0 Å². The minimum absolute atomic E-state index is 0.374. The molecular weight excluding hydrogens is 268 g/mol. The van der Waals surface area contributed by atoms with Crippen LogP contribution in [-0.2, 0) is 0 Å². The molecule has 0 bridgehead atoms. The second-order valence-corrected chi connectivity index (χ2v) is 4.58. The second kappa shape index (κ2) is 5.32. The fourth-order valence-corrected chi connectivity index (χ4v) is 2.19. The van der Waals surface area contributed by atoms with Gasteiger partial charge in [-0.2, -0.15) is 0 Å². The van der Waals surface area contributed by atoms with Gasteiger partial charge in [0, 0.05) is 11.5 Å². The summed E-state index contributed by atoms with van der Waals surface area (Å²) in [6.45, 7) is 0. The first kappa shape index (κ1) is 13.2. The maximum atomic E-state index is 12.1. The van der Waals surface area contributed by atoms with Gasteiger partial charge in [-0.1, -0.05) is 12.1 Å². The fraction of sp³-hybridized carbons (Fsp3) is 0.118. The molecule has 0 atom stereocenters. The first-order valence-electron chi connectivity index (χ1n) is 6.47. The van der Waals surface area contributed by atoms with Crippen LogP contribution >= 0.6 is 0 Å². The van der Waals surface area contributed by atoms with E-state index < -0.39 is 0 Å². The maximum absolute atomic E-state index is 12.1. The van der Waals surface area contributed by atoms with Gasteiger partial charge in [-0.15, -0.1) is 0 Å². The zero-order valence-electron chi connectivity index (χ0n) is 11.8. The van der Waals surface area contributed by atoms with Crippen LogP contribution in [0, 0.1) is 0 Å².